The molecule has 1 aliphatic heterocycles. The molecular weight excluding hydrogens is 491 g/mol. The van der Waals surface area contributed by atoms with E-state index in [1.807, 2.05) is 32.0 Å². The molecule has 0 radical (unpaired) electrons. The maximum Gasteiger partial charge on any atom is 0.311 e. The molecule has 1 saturated heterocycles. The average Bonchev–Trinajstić information content (AvgIpc) is 3.28. The van der Waals surface area contributed by atoms with Crippen LogP contribution in [0.3, 0.4) is 0 Å². The van der Waals surface area contributed by atoms with E-state index in [2.05, 4.69) is 9.88 Å². The molecule has 6 nitrogen and oxygen atoms in total. The Bertz CT molecular complexity index is 1210. The Morgan fingerprint density at radius 3 is 2.69 bits per heavy atom. The molecule has 9 heteroatoms. The van der Waals surface area contributed by atoms with Crippen LogP contribution in [0, 0.1) is 11.7 Å². The molecule has 2 heterocycles. The van der Waals surface area contributed by atoms with E-state index in [0.717, 1.165) is 21.0 Å². The zero-order valence-corrected chi connectivity index (χ0v) is 21.7. The number of nitrogens with zero attached hydrogens (tertiary/aromatic N) is 2. The van der Waals surface area contributed by atoms with Gasteiger partial charge in [0.25, 0.3) is 0 Å². The fourth-order valence-electron chi connectivity index (χ4n) is 4.12. The van der Waals surface area contributed by atoms with Gasteiger partial charge in [-0.15, -0.1) is 11.3 Å². The molecule has 0 unspecified atom stereocenters. The summed E-state index contributed by atoms with van der Waals surface area (Å²) in [4.78, 5) is 19.1. The van der Waals surface area contributed by atoms with Gasteiger partial charge in [-0.1, -0.05) is 11.6 Å². The molecule has 1 fully saturated rings. The summed E-state index contributed by atoms with van der Waals surface area (Å²) in [5, 5.41) is 1.28. The standard InChI is InChI=1S/C26H28ClFN2O4S/c1-15(2)34-22-6-5-17(10-21(22)27)25-29-12-23(35-25)20-11-19(28)9-16(24(20)32-3)7-8-30-13-18(14-30)26(31)33-4/h5-6,9-12,15,18H,7-8,13-14H2,1-4H3. The first-order valence-electron chi connectivity index (χ1n) is 11.4. The van der Waals surface area contributed by atoms with Crippen LogP contribution >= 0.6 is 22.9 Å². The minimum Gasteiger partial charge on any atom is -0.496 e. The van der Waals surface area contributed by atoms with Crippen molar-refractivity contribution in [3.05, 3.63) is 52.9 Å². The third-order valence-electron chi connectivity index (χ3n) is 5.84. The summed E-state index contributed by atoms with van der Waals surface area (Å²) in [5.41, 5.74) is 2.29. The van der Waals surface area contributed by atoms with Gasteiger partial charge in [0.1, 0.15) is 22.3 Å². The van der Waals surface area contributed by atoms with Gasteiger partial charge in [-0.2, -0.15) is 0 Å². The lowest BCUT2D eigenvalue weighted by Gasteiger charge is -2.37. The lowest BCUT2D eigenvalue weighted by atomic mass is 9.98. The minimum atomic E-state index is -0.333. The van der Waals surface area contributed by atoms with Gasteiger partial charge in [0.05, 0.1) is 36.1 Å². The smallest absolute Gasteiger partial charge is 0.311 e. The van der Waals surface area contributed by atoms with Gasteiger partial charge in [0.2, 0.25) is 0 Å². The molecule has 4 rings (SSSR count). The zero-order valence-electron chi connectivity index (χ0n) is 20.1. The van der Waals surface area contributed by atoms with E-state index in [1.54, 1.807) is 13.3 Å². The van der Waals surface area contributed by atoms with Crippen molar-refractivity contribution in [1.29, 1.82) is 0 Å². The number of carbonyl (C=O) groups is 1. The number of ether oxygens (including phenoxy) is 3. The molecule has 0 atom stereocenters. The Kier molecular flexibility index (Phi) is 7.94. The Hall–Kier alpha value is -2.68. The molecule has 0 spiro atoms. The van der Waals surface area contributed by atoms with Crippen molar-refractivity contribution in [2.75, 3.05) is 33.9 Å². The molecule has 0 aliphatic carbocycles. The summed E-state index contributed by atoms with van der Waals surface area (Å²) in [7, 11) is 2.99. The predicted octanol–water partition coefficient (Wildman–Crippen LogP) is 5.71. The van der Waals surface area contributed by atoms with Gasteiger partial charge < -0.3 is 19.1 Å². The van der Waals surface area contributed by atoms with E-state index in [-0.39, 0.29) is 23.8 Å². The normalized spacial score (nSPS) is 14.1. The van der Waals surface area contributed by atoms with Crippen molar-refractivity contribution in [3.8, 4) is 32.5 Å². The second-order valence-electron chi connectivity index (χ2n) is 8.72. The molecule has 0 amide bonds. The molecule has 0 saturated carbocycles. The Morgan fingerprint density at radius 1 is 1.26 bits per heavy atom. The molecule has 35 heavy (non-hydrogen) atoms. The van der Waals surface area contributed by atoms with Crippen LogP contribution in [-0.2, 0) is 16.0 Å². The molecule has 3 aromatic rings. The van der Waals surface area contributed by atoms with Crippen LogP contribution < -0.4 is 9.47 Å². The molecule has 0 bridgehead atoms. The molecular formula is C26H28ClFN2O4S. The fraction of sp³-hybridized carbons (Fsp3) is 0.385. The molecule has 0 N–H and O–H groups in total. The molecule has 1 aliphatic rings. The number of aromatic nitrogens is 1. The van der Waals surface area contributed by atoms with E-state index < -0.39 is 0 Å². The lowest BCUT2D eigenvalue weighted by molar-refractivity contribution is -0.151. The van der Waals surface area contributed by atoms with Gasteiger partial charge in [0, 0.05) is 37.0 Å². The Morgan fingerprint density at radius 2 is 2.03 bits per heavy atom. The maximum absolute atomic E-state index is 14.6. The van der Waals surface area contributed by atoms with Gasteiger partial charge in [0.15, 0.2) is 0 Å². The highest BCUT2D eigenvalue weighted by atomic mass is 35.5. The van der Waals surface area contributed by atoms with Gasteiger partial charge >= 0.3 is 5.97 Å². The summed E-state index contributed by atoms with van der Waals surface area (Å²) in [6, 6.07) is 8.55. The van der Waals surface area contributed by atoms with Crippen LogP contribution in [0.2, 0.25) is 5.02 Å². The number of rotatable bonds is 9. The summed E-state index contributed by atoms with van der Waals surface area (Å²) in [6.07, 6.45) is 2.35. The molecule has 186 valence electrons. The monoisotopic (exact) mass is 518 g/mol. The van der Waals surface area contributed by atoms with Crippen molar-refractivity contribution < 1.29 is 23.4 Å². The highest BCUT2D eigenvalue weighted by molar-refractivity contribution is 7.18. The van der Waals surface area contributed by atoms with Gasteiger partial charge in [-0.3, -0.25) is 4.79 Å². The van der Waals surface area contributed by atoms with Crippen molar-refractivity contribution in [1.82, 2.24) is 9.88 Å². The van der Waals surface area contributed by atoms with Crippen molar-refractivity contribution in [3.63, 3.8) is 0 Å². The third kappa shape index (κ3) is 5.77. The first kappa shape index (κ1) is 25.4. The summed E-state index contributed by atoms with van der Waals surface area (Å²) >= 11 is 7.84. The predicted molar refractivity (Wildman–Crippen MR) is 136 cm³/mol. The number of thiazole rings is 1. The fourth-order valence-corrected chi connectivity index (χ4v) is 5.27. The number of benzene rings is 2. The highest BCUT2D eigenvalue weighted by Crippen LogP contribution is 2.41. The largest absolute Gasteiger partial charge is 0.496 e. The maximum atomic E-state index is 14.6. The first-order chi connectivity index (χ1) is 16.8. The lowest BCUT2D eigenvalue weighted by Crippen LogP contribution is -2.51. The summed E-state index contributed by atoms with van der Waals surface area (Å²) < 4.78 is 30.8. The number of esters is 1. The van der Waals surface area contributed by atoms with E-state index >= 15 is 0 Å². The van der Waals surface area contributed by atoms with E-state index in [9.17, 15) is 9.18 Å². The van der Waals surface area contributed by atoms with Crippen molar-refractivity contribution >= 4 is 28.9 Å². The number of methoxy groups -OCH3 is 2. The quantitative estimate of drug-likeness (QED) is 0.338. The van der Waals surface area contributed by atoms with Gasteiger partial charge in [-0.05, 0) is 56.2 Å². The number of halogens is 2. The highest BCUT2D eigenvalue weighted by Gasteiger charge is 2.33. The first-order valence-corrected chi connectivity index (χ1v) is 12.6. The SMILES string of the molecule is COC(=O)C1CN(CCc2cc(F)cc(-c3cnc(-c4ccc(OC(C)C)c(Cl)c4)s3)c2OC)C1. The van der Waals surface area contributed by atoms with E-state index in [1.165, 1.54) is 30.6 Å². The van der Waals surface area contributed by atoms with Crippen LogP contribution in [0.25, 0.3) is 21.0 Å². The van der Waals surface area contributed by atoms with E-state index in [4.69, 9.17) is 25.8 Å². The van der Waals surface area contributed by atoms with Crippen LogP contribution in [-0.4, -0.2) is 55.8 Å². The number of carbonyl (C=O) groups excluding carboxylic acids is 1. The Labute approximate surface area is 213 Å². The summed E-state index contributed by atoms with van der Waals surface area (Å²) in [6.45, 7) is 5.89. The number of hydrogen-bond donors (Lipinski definition) is 0. The van der Waals surface area contributed by atoms with Crippen LogP contribution in [0.5, 0.6) is 11.5 Å². The summed E-state index contributed by atoms with van der Waals surface area (Å²) in [5.74, 6) is 0.653. The number of hydrogen-bond acceptors (Lipinski definition) is 7. The third-order valence-corrected chi connectivity index (χ3v) is 7.21. The molecule has 2 aromatic carbocycles. The average molecular weight is 519 g/mol. The van der Waals surface area contributed by atoms with Gasteiger partial charge in [-0.25, -0.2) is 9.37 Å². The van der Waals surface area contributed by atoms with Crippen molar-refractivity contribution in [2.45, 2.75) is 26.4 Å². The zero-order chi connectivity index (χ0) is 25.1. The second kappa shape index (κ2) is 10.9. The van der Waals surface area contributed by atoms with Crippen LogP contribution in [0.15, 0.2) is 36.5 Å². The van der Waals surface area contributed by atoms with E-state index in [0.29, 0.717) is 48.1 Å². The minimum absolute atomic E-state index is 0.0230. The van der Waals surface area contributed by atoms with Crippen LogP contribution in [0.4, 0.5) is 4.39 Å². The number of likely N-dealkylation sites (tertiary alicyclic amines) is 1. The Balaban J connectivity index is 1.53. The second-order valence-corrected chi connectivity index (χ2v) is 10.2. The van der Waals surface area contributed by atoms with Crippen LogP contribution in [0.1, 0.15) is 19.4 Å². The molecule has 1 aromatic heterocycles. The topological polar surface area (TPSA) is 60.9 Å². The van der Waals surface area contributed by atoms with Crippen molar-refractivity contribution in [2.24, 2.45) is 5.92 Å².